The topological polar surface area (TPSA) is 87.9 Å². The fourth-order valence-electron chi connectivity index (χ4n) is 5.00. The molecule has 2 fully saturated rings. The van der Waals surface area contributed by atoms with Crippen molar-refractivity contribution in [1.82, 2.24) is 9.97 Å². The van der Waals surface area contributed by atoms with E-state index in [4.69, 9.17) is 10.00 Å². The standard InChI is InChI=1S/C24H21FN4O2/c1-13(24(30)29-22-5-2-14(11-26)12-28-22)23-17-9-16(10-18(17)23)31-21-6-7-27-20-4-3-15(25)8-19(20)21/h2-8,12-13,16-18,23H,9-10H2,1H3,(H,28,29,30)/t13?,16-,17+,18-,23-. The minimum absolute atomic E-state index is 0.0512. The van der Waals surface area contributed by atoms with E-state index in [1.54, 1.807) is 30.5 Å². The van der Waals surface area contributed by atoms with E-state index in [0.29, 0.717) is 45.8 Å². The first-order valence-electron chi connectivity index (χ1n) is 10.4. The number of nitrogens with zero attached hydrogens (tertiary/aromatic N) is 3. The number of ether oxygens (including phenoxy) is 1. The van der Waals surface area contributed by atoms with Crippen molar-refractivity contribution in [3.8, 4) is 11.8 Å². The number of amides is 1. The van der Waals surface area contributed by atoms with Crippen LogP contribution >= 0.6 is 0 Å². The molecule has 2 aliphatic rings. The number of rotatable bonds is 5. The molecule has 1 unspecified atom stereocenters. The average Bonchev–Trinajstić information content (AvgIpc) is 3.28. The molecule has 0 bridgehead atoms. The van der Waals surface area contributed by atoms with Crippen LogP contribution in [0.15, 0.2) is 48.8 Å². The molecule has 5 atom stereocenters. The van der Waals surface area contributed by atoms with Crippen LogP contribution in [-0.2, 0) is 4.79 Å². The molecule has 2 saturated carbocycles. The van der Waals surface area contributed by atoms with E-state index in [9.17, 15) is 9.18 Å². The number of anilines is 1. The summed E-state index contributed by atoms with van der Waals surface area (Å²) in [5, 5.41) is 12.4. The van der Waals surface area contributed by atoms with Gasteiger partial charge in [-0.3, -0.25) is 9.78 Å². The molecule has 1 aromatic carbocycles. The Morgan fingerprint density at radius 2 is 2.03 bits per heavy atom. The van der Waals surface area contributed by atoms with Crippen molar-refractivity contribution >= 4 is 22.6 Å². The Balaban J connectivity index is 1.19. The Morgan fingerprint density at radius 1 is 1.23 bits per heavy atom. The molecular formula is C24H21FN4O2. The zero-order valence-electron chi connectivity index (χ0n) is 17.0. The van der Waals surface area contributed by atoms with Gasteiger partial charge in [0.25, 0.3) is 0 Å². The van der Waals surface area contributed by atoms with E-state index in [2.05, 4.69) is 15.3 Å². The number of fused-ring (bicyclic) bond motifs is 2. The van der Waals surface area contributed by atoms with E-state index in [-0.39, 0.29) is 23.7 Å². The number of nitrogens with one attached hydrogen (secondary N) is 1. The SMILES string of the molecule is CC(C(=O)Nc1ccc(C#N)cn1)[C@H]1[C@@H]2C[C@H](Oc3ccnc4ccc(F)cc34)C[C@@H]21. The van der Waals surface area contributed by atoms with Gasteiger partial charge >= 0.3 is 0 Å². The summed E-state index contributed by atoms with van der Waals surface area (Å²) in [6, 6.07) is 11.6. The first-order chi connectivity index (χ1) is 15.0. The maximum Gasteiger partial charge on any atom is 0.228 e. The third kappa shape index (κ3) is 3.70. The molecule has 2 aliphatic carbocycles. The van der Waals surface area contributed by atoms with Crippen LogP contribution in [0.2, 0.25) is 0 Å². The predicted molar refractivity (Wildman–Crippen MR) is 113 cm³/mol. The van der Waals surface area contributed by atoms with Gasteiger partial charge in [0.1, 0.15) is 23.5 Å². The van der Waals surface area contributed by atoms with Crippen molar-refractivity contribution in [1.29, 1.82) is 5.26 Å². The monoisotopic (exact) mass is 416 g/mol. The molecule has 2 heterocycles. The number of aromatic nitrogens is 2. The lowest BCUT2D eigenvalue weighted by Crippen LogP contribution is -2.26. The molecule has 5 rings (SSSR count). The summed E-state index contributed by atoms with van der Waals surface area (Å²) in [6.07, 6.45) is 4.97. The van der Waals surface area contributed by atoms with Crippen LogP contribution in [0.3, 0.4) is 0 Å². The van der Waals surface area contributed by atoms with Crippen LogP contribution in [0.25, 0.3) is 10.9 Å². The average molecular weight is 416 g/mol. The molecule has 1 amide bonds. The van der Waals surface area contributed by atoms with Gasteiger partial charge in [-0.1, -0.05) is 6.92 Å². The Hall–Kier alpha value is -3.53. The quantitative estimate of drug-likeness (QED) is 0.669. The van der Waals surface area contributed by atoms with Crippen molar-refractivity contribution < 1.29 is 13.9 Å². The molecule has 1 N–H and O–H groups in total. The van der Waals surface area contributed by atoms with Gasteiger partial charge in [0.05, 0.1) is 17.2 Å². The number of carbonyl (C=O) groups is 1. The van der Waals surface area contributed by atoms with Gasteiger partial charge in [0.2, 0.25) is 5.91 Å². The number of pyridine rings is 2. The van der Waals surface area contributed by atoms with Crippen molar-refractivity contribution in [3.63, 3.8) is 0 Å². The maximum atomic E-state index is 13.7. The van der Waals surface area contributed by atoms with Crippen LogP contribution in [0.4, 0.5) is 10.2 Å². The predicted octanol–water partition coefficient (Wildman–Crippen LogP) is 4.32. The third-order valence-electron chi connectivity index (χ3n) is 6.56. The van der Waals surface area contributed by atoms with Crippen molar-refractivity contribution in [3.05, 3.63) is 60.2 Å². The number of carbonyl (C=O) groups excluding carboxylic acids is 1. The van der Waals surface area contributed by atoms with E-state index in [0.717, 1.165) is 12.8 Å². The van der Waals surface area contributed by atoms with Crippen molar-refractivity contribution in [2.45, 2.75) is 25.9 Å². The van der Waals surface area contributed by atoms with Crippen molar-refractivity contribution in [2.24, 2.45) is 23.7 Å². The second kappa shape index (κ2) is 7.62. The number of nitriles is 1. The van der Waals surface area contributed by atoms with E-state index >= 15 is 0 Å². The van der Waals surface area contributed by atoms with E-state index in [1.807, 2.05) is 13.0 Å². The van der Waals surface area contributed by atoms with Gasteiger partial charge in [0, 0.05) is 23.7 Å². The first-order valence-corrected chi connectivity index (χ1v) is 10.4. The Kier molecular flexibility index (Phi) is 4.78. The van der Waals surface area contributed by atoms with Gasteiger partial charge in [-0.2, -0.15) is 5.26 Å². The smallest absolute Gasteiger partial charge is 0.228 e. The van der Waals surface area contributed by atoms with Crippen LogP contribution in [-0.4, -0.2) is 22.0 Å². The molecular weight excluding hydrogens is 395 g/mol. The molecule has 3 aromatic rings. The van der Waals surface area contributed by atoms with Gasteiger partial charge in [0.15, 0.2) is 0 Å². The lowest BCUT2D eigenvalue weighted by molar-refractivity contribution is -0.120. The molecule has 6 nitrogen and oxygen atoms in total. The van der Waals surface area contributed by atoms with E-state index in [1.165, 1.54) is 18.3 Å². The molecule has 0 aliphatic heterocycles. The van der Waals surface area contributed by atoms with Crippen molar-refractivity contribution in [2.75, 3.05) is 5.32 Å². The first kappa shape index (κ1) is 19.4. The summed E-state index contributed by atoms with van der Waals surface area (Å²) in [4.78, 5) is 21.0. The molecule has 0 saturated heterocycles. The Bertz CT molecular complexity index is 1180. The van der Waals surface area contributed by atoms with Gasteiger partial charge in [-0.05, 0) is 67.0 Å². The molecule has 31 heavy (non-hydrogen) atoms. The van der Waals surface area contributed by atoms with Gasteiger partial charge in [-0.25, -0.2) is 9.37 Å². The minimum atomic E-state index is -0.309. The maximum absolute atomic E-state index is 13.7. The van der Waals surface area contributed by atoms with Crippen LogP contribution in [0, 0.1) is 40.8 Å². The number of halogens is 1. The number of hydrogen-bond donors (Lipinski definition) is 1. The Labute approximate surface area is 179 Å². The van der Waals surface area contributed by atoms with Crippen LogP contribution < -0.4 is 10.1 Å². The summed E-state index contributed by atoms with van der Waals surface area (Å²) in [5.41, 5.74) is 1.17. The summed E-state index contributed by atoms with van der Waals surface area (Å²) < 4.78 is 19.9. The zero-order valence-corrected chi connectivity index (χ0v) is 17.0. The molecule has 0 spiro atoms. The fraction of sp³-hybridized carbons (Fsp3) is 0.333. The van der Waals surface area contributed by atoms with Gasteiger partial charge < -0.3 is 10.1 Å². The van der Waals surface area contributed by atoms with Crippen LogP contribution in [0.5, 0.6) is 5.75 Å². The second-order valence-electron chi connectivity index (χ2n) is 8.41. The third-order valence-corrected chi connectivity index (χ3v) is 6.56. The molecule has 7 heteroatoms. The highest BCUT2D eigenvalue weighted by molar-refractivity contribution is 5.92. The highest BCUT2D eigenvalue weighted by Gasteiger charge is 2.59. The number of hydrogen-bond acceptors (Lipinski definition) is 5. The number of benzene rings is 1. The summed E-state index contributed by atoms with van der Waals surface area (Å²) >= 11 is 0. The van der Waals surface area contributed by atoms with Gasteiger partial charge in [-0.15, -0.1) is 0 Å². The van der Waals surface area contributed by atoms with Crippen LogP contribution in [0.1, 0.15) is 25.3 Å². The molecule has 2 aromatic heterocycles. The molecule has 0 radical (unpaired) electrons. The minimum Gasteiger partial charge on any atom is -0.490 e. The Morgan fingerprint density at radius 3 is 2.74 bits per heavy atom. The summed E-state index contributed by atoms with van der Waals surface area (Å²) in [6.45, 7) is 1.96. The highest BCUT2D eigenvalue weighted by atomic mass is 19.1. The largest absolute Gasteiger partial charge is 0.490 e. The normalized spacial score (nSPS) is 24.8. The second-order valence-corrected chi connectivity index (χ2v) is 8.41. The fourth-order valence-corrected chi connectivity index (χ4v) is 5.00. The highest BCUT2D eigenvalue weighted by Crippen LogP contribution is 2.61. The summed E-state index contributed by atoms with van der Waals surface area (Å²) in [7, 11) is 0. The molecule has 156 valence electrons. The summed E-state index contributed by atoms with van der Waals surface area (Å²) in [5.74, 6) is 1.90. The van der Waals surface area contributed by atoms with E-state index < -0.39 is 0 Å². The lowest BCUT2D eigenvalue weighted by atomic mass is 9.97. The lowest BCUT2D eigenvalue weighted by Gasteiger charge is -2.20. The zero-order chi connectivity index (χ0) is 21.5.